The molecule has 0 aliphatic heterocycles. The number of benzene rings is 1. The fraction of sp³-hybridized carbons (Fsp3) is 0.333. The summed E-state index contributed by atoms with van der Waals surface area (Å²) in [6, 6.07) is 10.1. The topological polar surface area (TPSA) is 52.6 Å². The highest BCUT2D eigenvalue weighted by Crippen LogP contribution is 2.12. The number of hydrogen-bond donors (Lipinski definition) is 0. The molecule has 0 saturated carbocycles. The molecular formula is C18H22O4. The second kappa shape index (κ2) is 10.4. The average molecular weight is 302 g/mol. The highest BCUT2D eigenvalue weighted by molar-refractivity contribution is 5.87. The zero-order valence-electron chi connectivity index (χ0n) is 13.1. The molecule has 0 spiro atoms. The molecule has 0 unspecified atom stereocenters. The number of ketones is 1. The lowest BCUT2D eigenvalue weighted by Gasteiger charge is -2.06. The van der Waals surface area contributed by atoms with Crippen LogP contribution in [-0.4, -0.2) is 18.4 Å². The molecule has 0 fully saturated rings. The zero-order valence-corrected chi connectivity index (χ0v) is 13.1. The first kappa shape index (κ1) is 17.7. The third-order valence-electron chi connectivity index (χ3n) is 2.81. The summed E-state index contributed by atoms with van der Waals surface area (Å²) in [5.41, 5.74) is 1.24. The second-order valence-electron chi connectivity index (χ2n) is 4.73. The number of ether oxygens (including phenoxy) is 2. The van der Waals surface area contributed by atoms with Crippen molar-refractivity contribution in [3.63, 3.8) is 0 Å². The van der Waals surface area contributed by atoms with E-state index in [2.05, 4.69) is 12.1 Å². The summed E-state index contributed by atoms with van der Waals surface area (Å²) in [5.74, 6) is -0.00261. The van der Waals surface area contributed by atoms with Gasteiger partial charge in [-0.3, -0.25) is 4.79 Å². The van der Waals surface area contributed by atoms with Gasteiger partial charge in [-0.15, -0.1) is 0 Å². The van der Waals surface area contributed by atoms with Gasteiger partial charge in [0.25, 0.3) is 0 Å². The molecule has 0 bridgehead atoms. The first-order chi connectivity index (χ1) is 10.6. The van der Waals surface area contributed by atoms with Crippen LogP contribution >= 0.6 is 0 Å². The Morgan fingerprint density at radius 3 is 2.55 bits per heavy atom. The van der Waals surface area contributed by atoms with Crippen LogP contribution in [0, 0.1) is 0 Å². The van der Waals surface area contributed by atoms with Crippen LogP contribution in [-0.2, 0) is 25.5 Å². The second-order valence-corrected chi connectivity index (χ2v) is 4.73. The Morgan fingerprint density at radius 2 is 1.91 bits per heavy atom. The van der Waals surface area contributed by atoms with Crippen LogP contribution in [0.25, 0.3) is 0 Å². The van der Waals surface area contributed by atoms with Crippen molar-refractivity contribution in [1.29, 1.82) is 0 Å². The Hall–Kier alpha value is -2.36. The van der Waals surface area contributed by atoms with Gasteiger partial charge in [-0.1, -0.05) is 30.3 Å². The van der Waals surface area contributed by atoms with Crippen LogP contribution in [0.3, 0.4) is 0 Å². The predicted octanol–water partition coefficient (Wildman–Crippen LogP) is 3.58. The minimum atomic E-state index is -0.464. The van der Waals surface area contributed by atoms with Crippen molar-refractivity contribution in [3.8, 4) is 0 Å². The number of carbonyl (C=O) groups excluding carboxylic acids is 2. The van der Waals surface area contributed by atoms with E-state index in [0.29, 0.717) is 18.8 Å². The summed E-state index contributed by atoms with van der Waals surface area (Å²) in [6.07, 6.45) is 6.30. The van der Waals surface area contributed by atoms with E-state index in [-0.39, 0.29) is 5.78 Å². The number of esters is 1. The summed E-state index contributed by atoms with van der Waals surface area (Å²) < 4.78 is 10.1. The highest BCUT2D eigenvalue weighted by Gasteiger charge is 2.02. The Bertz CT molecular complexity index is 529. The van der Waals surface area contributed by atoms with Gasteiger partial charge in [-0.05, 0) is 32.3 Å². The lowest BCUT2D eigenvalue weighted by Crippen LogP contribution is -2.00. The fourth-order valence-corrected chi connectivity index (χ4v) is 1.87. The monoisotopic (exact) mass is 302 g/mol. The number of hydrogen-bond acceptors (Lipinski definition) is 4. The van der Waals surface area contributed by atoms with Gasteiger partial charge in [-0.25, -0.2) is 4.79 Å². The molecule has 4 nitrogen and oxygen atoms in total. The van der Waals surface area contributed by atoms with Crippen molar-refractivity contribution in [2.24, 2.45) is 0 Å². The number of allylic oxidation sites excluding steroid dienone is 2. The molecule has 0 heterocycles. The van der Waals surface area contributed by atoms with Crippen molar-refractivity contribution >= 4 is 11.8 Å². The summed E-state index contributed by atoms with van der Waals surface area (Å²) in [5, 5.41) is 0. The third kappa shape index (κ3) is 8.04. The van der Waals surface area contributed by atoms with E-state index in [4.69, 9.17) is 9.47 Å². The molecule has 0 aliphatic rings. The Labute approximate surface area is 131 Å². The van der Waals surface area contributed by atoms with Crippen molar-refractivity contribution in [1.82, 2.24) is 0 Å². The first-order valence-electron chi connectivity index (χ1n) is 7.37. The van der Waals surface area contributed by atoms with E-state index in [1.165, 1.54) is 30.9 Å². The summed E-state index contributed by atoms with van der Waals surface area (Å²) in [7, 11) is 0. The molecule has 1 aromatic rings. The normalized spacial score (nSPS) is 11.5. The average Bonchev–Trinajstić information content (AvgIpc) is 2.48. The van der Waals surface area contributed by atoms with Gasteiger partial charge in [0.1, 0.15) is 5.76 Å². The molecule has 0 aliphatic carbocycles. The summed E-state index contributed by atoms with van der Waals surface area (Å²) >= 11 is 0. The molecule has 0 saturated heterocycles. The van der Waals surface area contributed by atoms with Gasteiger partial charge in [0, 0.05) is 12.5 Å². The SMILES string of the molecule is CCOC(=O)/C=C/O/C(=C/C(C)=O)CCCc1ccccc1. The summed E-state index contributed by atoms with van der Waals surface area (Å²) in [6.45, 7) is 3.52. The molecule has 0 N–H and O–H groups in total. The number of aryl methyl sites for hydroxylation is 1. The Balaban J connectivity index is 2.47. The molecule has 1 aromatic carbocycles. The van der Waals surface area contributed by atoms with Gasteiger partial charge in [0.05, 0.1) is 18.9 Å². The van der Waals surface area contributed by atoms with Gasteiger partial charge in [0.2, 0.25) is 0 Å². The van der Waals surface area contributed by atoms with E-state index >= 15 is 0 Å². The maximum Gasteiger partial charge on any atom is 0.333 e. The van der Waals surface area contributed by atoms with Crippen molar-refractivity contribution in [3.05, 3.63) is 60.1 Å². The minimum Gasteiger partial charge on any atom is -0.469 e. The highest BCUT2D eigenvalue weighted by atomic mass is 16.5. The molecule has 0 amide bonds. The van der Waals surface area contributed by atoms with E-state index < -0.39 is 5.97 Å². The summed E-state index contributed by atoms with van der Waals surface area (Å²) in [4.78, 5) is 22.4. The molecule has 0 atom stereocenters. The van der Waals surface area contributed by atoms with Gasteiger partial charge >= 0.3 is 5.97 Å². The molecule has 118 valence electrons. The van der Waals surface area contributed by atoms with E-state index in [9.17, 15) is 9.59 Å². The maximum absolute atomic E-state index is 11.2. The van der Waals surface area contributed by atoms with Gasteiger partial charge in [0.15, 0.2) is 5.78 Å². The van der Waals surface area contributed by atoms with Crippen LogP contribution < -0.4 is 0 Å². The van der Waals surface area contributed by atoms with Gasteiger partial charge < -0.3 is 9.47 Å². The molecule has 0 radical (unpaired) electrons. The Morgan fingerprint density at radius 1 is 1.18 bits per heavy atom. The predicted molar refractivity (Wildman–Crippen MR) is 85.0 cm³/mol. The van der Waals surface area contributed by atoms with Crippen LogP contribution in [0.4, 0.5) is 0 Å². The molecule has 1 rings (SSSR count). The molecule has 22 heavy (non-hydrogen) atoms. The fourth-order valence-electron chi connectivity index (χ4n) is 1.87. The molecule has 4 heteroatoms. The first-order valence-corrected chi connectivity index (χ1v) is 7.37. The number of rotatable bonds is 9. The lowest BCUT2D eigenvalue weighted by atomic mass is 10.1. The van der Waals surface area contributed by atoms with Crippen LogP contribution in [0.5, 0.6) is 0 Å². The number of carbonyl (C=O) groups is 2. The van der Waals surface area contributed by atoms with Crippen molar-refractivity contribution in [2.75, 3.05) is 6.61 Å². The van der Waals surface area contributed by atoms with Crippen molar-refractivity contribution in [2.45, 2.75) is 33.1 Å². The van der Waals surface area contributed by atoms with Crippen LogP contribution in [0.1, 0.15) is 32.3 Å². The van der Waals surface area contributed by atoms with E-state index in [1.54, 1.807) is 6.92 Å². The van der Waals surface area contributed by atoms with Crippen LogP contribution in [0.2, 0.25) is 0 Å². The zero-order chi connectivity index (χ0) is 16.2. The van der Waals surface area contributed by atoms with E-state index in [1.807, 2.05) is 18.2 Å². The molecule has 0 aromatic heterocycles. The van der Waals surface area contributed by atoms with Crippen LogP contribution in [0.15, 0.2) is 54.5 Å². The maximum atomic E-state index is 11.2. The van der Waals surface area contributed by atoms with E-state index in [0.717, 1.165) is 12.8 Å². The largest absolute Gasteiger partial charge is 0.469 e. The smallest absolute Gasteiger partial charge is 0.333 e. The third-order valence-corrected chi connectivity index (χ3v) is 2.81. The molecular weight excluding hydrogens is 280 g/mol. The minimum absolute atomic E-state index is 0.0840. The Kier molecular flexibility index (Phi) is 8.35. The van der Waals surface area contributed by atoms with Crippen molar-refractivity contribution < 1.29 is 19.1 Å². The quantitative estimate of drug-likeness (QED) is 0.397. The lowest BCUT2D eigenvalue weighted by molar-refractivity contribution is -0.137. The van der Waals surface area contributed by atoms with Gasteiger partial charge in [-0.2, -0.15) is 0 Å². The standard InChI is InChI=1S/C18H22O4/c1-3-21-18(20)12-13-22-17(14-15(2)19)11-7-10-16-8-5-4-6-9-16/h4-6,8-9,12-14H,3,7,10-11H2,1-2H3/b13-12+,17-14+.